The van der Waals surface area contributed by atoms with Crippen molar-refractivity contribution >= 4 is 42.4 Å². The van der Waals surface area contributed by atoms with Gasteiger partial charge in [-0.15, -0.1) is 0 Å². The van der Waals surface area contributed by atoms with Gasteiger partial charge in [0.2, 0.25) is 0 Å². The third-order valence-corrected chi connectivity index (χ3v) is 9.05. The summed E-state index contributed by atoms with van der Waals surface area (Å²) in [6.45, 7) is 5.83. The molecule has 9 nitrogen and oxygen atoms in total. The number of methoxy groups -OCH3 is 2. The van der Waals surface area contributed by atoms with Crippen LogP contribution in [0, 0.1) is 0 Å². The third kappa shape index (κ3) is 5.49. The first-order valence-electron chi connectivity index (χ1n) is 11.8. The molecule has 0 radical (unpaired) electrons. The highest BCUT2D eigenvalue weighted by molar-refractivity contribution is 7.91. The molecule has 2 heterocycles. The van der Waals surface area contributed by atoms with Gasteiger partial charge in [-0.25, -0.2) is 13.4 Å². The molecule has 11 heteroatoms. The van der Waals surface area contributed by atoms with Crippen LogP contribution in [0.3, 0.4) is 0 Å². The Morgan fingerprint density at radius 3 is 2.50 bits per heavy atom. The molecule has 1 aliphatic rings. The van der Waals surface area contributed by atoms with Crippen LogP contribution in [0.1, 0.15) is 23.7 Å². The lowest BCUT2D eigenvalue weighted by Crippen LogP contribution is -2.39. The molecule has 0 saturated carbocycles. The molecule has 1 aromatic heterocycles. The number of anilines is 1. The van der Waals surface area contributed by atoms with Crippen LogP contribution in [-0.2, 0) is 14.6 Å². The molecular weight excluding hydrogens is 502 g/mol. The molecule has 3 aromatic rings. The molecule has 1 fully saturated rings. The Kier molecular flexibility index (Phi) is 8.45. The van der Waals surface area contributed by atoms with Crippen LogP contribution in [0.25, 0.3) is 10.2 Å². The molecule has 0 bridgehead atoms. The van der Waals surface area contributed by atoms with Crippen LogP contribution in [0.2, 0.25) is 0 Å². The Morgan fingerprint density at radius 1 is 1.11 bits per heavy atom. The van der Waals surface area contributed by atoms with Crippen LogP contribution >= 0.6 is 11.3 Å². The predicted molar refractivity (Wildman–Crippen MR) is 140 cm³/mol. The molecule has 0 aliphatic carbocycles. The smallest absolute Gasteiger partial charge is 0.261 e. The van der Waals surface area contributed by atoms with Crippen molar-refractivity contribution in [3.63, 3.8) is 0 Å². The van der Waals surface area contributed by atoms with Gasteiger partial charge in [0.15, 0.2) is 15.0 Å². The number of benzene rings is 2. The second-order valence-corrected chi connectivity index (χ2v) is 11.5. The quantitative estimate of drug-likeness (QED) is 0.391. The van der Waals surface area contributed by atoms with E-state index in [2.05, 4.69) is 4.90 Å². The van der Waals surface area contributed by atoms with Crippen LogP contribution < -0.4 is 14.4 Å². The molecule has 0 unspecified atom stereocenters. The number of rotatable bonds is 10. The summed E-state index contributed by atoms with van der Waals surface area (Å²) in [4.78, 5) is 22.6. The van der Waals surface area contributed by atoms with E-state index >= 15 is 0 Å². The van der Waals surface area contributed by atoms with E-state index in [9.17, 15) is 13.2 Å². The summed E-state index contributed by atoms with van der Waals surface area (Å²) in [5.41, 5.74) is 0.737. The lowest BCUT2D eigenvalue weighted by Gasteiger charge is -2.28. The maximum atomic E-state index is 13.9. The molecule has 194 valence electrons. The molecule has 0 spiro atoms. The van der Waals surface area contributed by atoms with Gasteiger partial charge in [-0.3, -0.25) is 14.6 Å². The van der Waals surface area contributed by atoms with E-state index in [1.54, 1.807) is 56.4 Å². The molecule has 36 heavy (non-hydrogen) atoms. The molecular formula is C25H31N3O6S2. The van der Waals surface area contributed by atoms with Gasteiger partial charge < -0.3 is 14.2 Å². The van der Waals surface area contributed by atoms with Gasteiger partial charge in [0.25, 0.3) is 5.91 Å². The first-order valence-corrected chi connectivity index (χ1v) is 14.3. The highest BCUT2D eigenvalue weighted by Crippen LogP contribution is 2.40. The van der Waals surface area contributed by atoms with Crippen molar-refractivity contribution < 1.29 is 27.4 Å². The summed E-state index contributed by atoms with van der Waals surface area (Å²) >= 11 is 1.32. The van der Waals surface area contributed by atoms with Gasteiger partial charge >= 0.3 is 0 Å². The minimum Gasteiger partial charge on any atom is -0.495 e. The number of hydrogen-bond acceptors (Lipinski definition) is 9. The Hall–Kier alpha value is -2.73. The van der Waals surface area contributed by atoms with Gasteiger partial charge in [0, 0.05) is 26.2 Å². The summed E-state index contributed by atoms with van der Waals surface area (Å²) < 4.78 is 42.8. The van der Waals surface area contributed by atoms with Crippen molar-refractivity contribution in [1.82, 2.24) is 9.88 Å². The zero-order valence-electron chi connectivity index (χ0n) is 20.7. The predicted octanol–water partition coefficient (Wildman–Crippen LogP) is 3.48. The average molecular weight is 534 g/mol. The van der Waals surface area contributed by atoms with Crippen molar-refractivity contribution in [3.05, 3.63) is 42.0 Å². The number of hydrogen-bond donors (Lipinski definition) is 0. The van der Waals surface area contributed by atoms with E-state index in [1.807, 2.05) is 0 Å². The van der Waals surface area contributed by atoms with Gasteiger partial charge in [-0.05, 0) is 30.7 Å². The number of amides is 1. The minimum absolute atomic E-state index is 0.0342. The van der Waals surface area contributed by atoms with E-state index in [-0.39, 0.29) is 16.2 Å². The van der Waals surface area contributed by atoms with E-state index in [1.165, 1.54) is 17.4 Å². The highest BCUT2D eigenvalue weighted by Gasteiger charge is 2.28. The zero-order valence-corrected chi connectivity index (χ0v) is 22.4. The van der Waals surface area contributed by atoms with Crippen molar-refractivity contribution in [2.24, 2.45) is 0 Å². The number of carbonyl (C=O) groups excluding carboxylic acids is 1. The van der Waals surface area contributed by atoms with Gasteiger partial charge in [0.05, 0.1) is 43.6 Å². The Morgan fingerprint density at radius 2 is 1.81 bits per heavy atom. The van der Waals surface area contributed by atoms with Crippen molar-refractivity contribution in [2.75, 3.05) is 64.3 Å². The zero-order chi connectivity index (χ0) is 25.7. The SMILES string of the molecule is CCS(=O)(=O)c1ccccc1C(=O)N(CCCN1CCOCC1)c1nc2c(OC)ccc(OC)c2s1. The standard InChI is InChI=1S/C25H31N3O6S2/c1-4-36(30,31)21-9-6-5-8-18(21)24(29)28(13-7-12-27-14-16-34-17-15-27)25-26-22-19(32-2)10-11-20(33-3)23(22)35-25/h5-6,8-11H,4,7,12-17H2,1-3H3. The van der Waals surface area contributed by atoms with Crippen molar-refractivity contribution in [2.45, 2.75) is 18.2 Å². The summed E-state index contributed by atoms with van der Waals surface area (Å²) in [7, 11) is -0.452. The number of fused-ring (bicyclic) bond motifs is 1. The van der Waals surface area contributed by atoms with Crippen LogP contribution in [0.15, 0.2) is 41.3 Å². The van der Waals surface area contributed by atoms with Crippen molar-refractivity contribution in [1.29, 1.82) is 0 Å². The van der Waals surface area contributed by atoms with E-state index in [0.29, 0.717) is 48.3 Å². The minimum atomic E-state index is -3.60. The van der Waals surface area contributed by atoms with Crippen LogP contribution in [-0.4, -0.2) is 83.6 Å². The average Bonchev–Trinajstić information content (AvgIpc) is 3.36. The Labute approximate surface area is 215 Å². The number of aromatic nitrogens is 1. The number of ether oxygens (including phenoxy) is 3. The molecule has 0 N–H and O–H groups in total. The number of morpholine rings is 1. The Bertz CT molecular complexity index is 1280. The normalized spacial score (nSPS) is 14.6. The first-order chi connectivity index (χ1) is 17.4. The van der Waals surface area contributed by atoms with Gasteiger partial charge in [-0.2, -0.15) is 0 Å². The van der Waals surface area contributed by atoms with Gasteiger partial charge in [0.1, 0.15) is 21.7 Å². The van der Waals surface area contributed by atoms with Gasteiger partial charge in [-0.1, -0.05) is 30.4 Å². The maximum absolute atomic E-state index is 13.9. The van der Waals surface area contributed by atoms with E-state index < -0.39 is 15.7 Å². The molecule has 1 amide bonds. The number of sulfone groups is 1. The molecule has 1 aliphatic heterocycles. The number of carbonyl (C=O) groups is 1. The summed E-state index contributed by atoms with van der Waals surface area (Å²) in [6.07, 6.45) is 0.693. The lowest BCUT2D eigenvalue weighted by atomic mass is 10.2. The summed E-state index contributed by atoms with van der Waals surface area (Å²) in [5.74, 6) is 0.706. The monoisotopic (exact) mass is 533 g/mol. The lowest BCUT2D eigenvalue weighted by molar-refractivity contribution is 0.0376. The second kappa shape index (κ2) is 11.5. The maximum Gasteiger partial charge on any atom is 0.261 e. The number of thiazole rings is 1. The fourth-order valence-electron chi connectivity index (χ4n) is 4.17. The fourth-order valence-corrected chi connectivity index (χ4v) is 6.35. The largest absolute Gasteiger partial charge is 0.495 e. The molecule has 2 aromatic carbocycles. The second-order valence-electron chi connectivity index (χ2n) is 8.31. The van der Waals surface area contributed by atoms with E-state index in [0.717, 1.165) is 24.3 Å². The fraction of sp³-hybridized carbons (Fsp3) is 0.440. The summed E-state index contributed by atoms with van der Waals surface area (Å²) in [6, 6.07) is 9.94. The van der Waals surface area contributed by atoms with E-state index in [4.69, 9.17) is 19.2 Å². The summed E-state index contributed by atoms with van der Waals surface area (Å²) in [5, 5.41) is 0.462. The Balaban J connectivity index is 1.74. The third-order valence-electron chi connectivity index (χ3n) is 6.17. The molecule has 1 saturated heterocycles. The molecule has 4 rings (SSSR count). The topological polar surface area (TPSA) is 98.3 Å². The van der Waals surface area contributed by atoms with Crippen LogP contribution in [0.4, 0.5) is 5.13 Å². The highest BCUT2D eigenvalue weighted by atomic mass is 32.2. The first kappa shape index (κ1) is 26.3. The van der Waals surface area contributed by atoms with Crippen molar-refractivity contribution in [3.8, 4) is 11.5 Å². The molecule has 0 atom stereocenters. The van der Waals surface area contributed by atoms with Crippen LogP contribution in [0.5, 0.6) is 11.5 Å². The number of nitrogens with zero attached hydrogens (tertiary/aromatic N) is 3.